The maximum Gasteiger partial charge on any atom is 0.356 e. The third-order valence-electron chi connectivity index (χ3n) is 1.84. The monoisotopic (exact) mass is 260 g/mol. The minimum Gasteiger partial charge on any atom is -0.387 e. The van der Waals surface area contributed by atoms with Crippen LogP contribution in [-0.2, 0) is 9.36 Å². The zero-order valence-corrected chi connectivity index (χ0v) is 8.75. The van der Waals surface area contributed by atoms with Gasteiger partial charge in [0, 0.05) is 0 Å². The van der Waals surface area contributed by atoms with Gasteiger partial charge < -0.3 is 40.1 Å². The minimum absolute atomic E-state index is 0.148. The fourth-order valence-corrected chi connectivity index (χ4v) is 1.43. The van der Waals surface area contributed by atoms with E-state index in [0.717, 1.165) is 0 Å². The van der Waals surface area contributed by atoms with E-state index in [4.69, 9.17) is 35.3 Å². The van der Waals surface area contributed by atoms with Crippen molar-refractivity contribution >= 4 is 13.9 Å². The molecule has 9 nitrogen and oxygen atoms in total. The Balaban J connectivity index is 4.67. The number of aldehydes is 1. The molecule has 0 heterocycles. The van der Waals surface area contributed by atoms with Gasteiger partial charge in [0.25, 0.3) is 0 Å². The molecule has 5 atom stereocenters. The summed E-state index contributed by atoms with van der Waals surface area (Å²) in [6, 6.07) is 0. The van der Waals surface area contributed by atoms with Crippen LogP contribution in [0.1, 0.15) is 0 Å². The molecule has 0 aromatic heterocycles. The SMILES string of the molecule is O=C[C@H](O)[C@@H](O)[C@@H](O)[C@H](O)C(O)P(=O)(O)O. The number of carbonyl (C=O) groups excluding carboxylic acids is 1. The van der Waals surface area contributed by atoms with E-state index in [1.807, 2.05) is 0 Å². The Kier molecular flexibility index (Phi) is 5.66. The van der Waals surface area contributed by atoms with Crippen LogP contribution in [0.3, 0.4) is 0 Å². The zero-order chi connectivity index (χ0) is 13.1. The van der Waals surface area contributed by atoms with Gasteiger partial charge in [-0.25, -0.2) is 0 Å². The lowest BCUT2D eigenvalue weighted by Crippen LogP contribution is -2.49. The molecule has 0 saturated heterocycles. The average molecular weight is 260 g/mol. The summed E-state index contributed by atoms with van der Waals surface area (Å²) in [5.41, 5.74) is 0. The summed E-state index contributed by atoms with van der Waals surface area (Å²) in [6.07, 6.45) is -9.07. The first-order valence-corrected chi connectivity index (χ1v) is 5.72. The summed E-state index contributed by atoms with van der Waals surface area (Å²) in [5, 5.41) is 44.8. The molecule has 0 aromatic carbocycles. The van der Waals surface area contributed by atoms with Crippen LogP contribution in [0.4, 0.5) is 0 Å². The van der Waals surface area contributed by atoms with E-state index < -0.39 is 37.9 Å². The van der Waals surface area contributed by atoms with Crippen molar-refractivity contribution in [3.05, 3.63) is 0 Å². The quantitative estimate of drug-likeness (QED) is 0.186. The highest BCUT2D eigenvalue weighted by atomic mass is 31.2. The lowest BCUT2D eigenvalue weighted by Gasteiger charge is -2.27. The highest BCUT2D eigenvalue weighted by molar-refractivity contribution is 7.52. The van der Waals surface area contributed by atoms with Gasteiger partial charge in [-0.3, -0.25) is 4.57 Å². The summed E-state index contributed by atoms with van der Waals surface area (Å²) in [5.74, 6) is -2.63. The molecule has 0 aromatic rings. The van der Waals surface area contributed by atoms with Crippen LogP contribution in [0.5, 0.6) is 0 Å². The largest absolute Gasteiger partial charge is 0.387 e. The second-order valence-electron chi connectivity index (χ2n) is 3.10. The summed E-state index contributed by atoms with van der Waals surface area (Å²) in [7, 11) is -5.08. The topological polar surface area (TPSA) is 176 Å². The fourth-order valence-electron chi connectivity index (χ4n) is 0.860. The first kappa shape index (κ1) is 15.6. The summed E-state index contributed by atoms with van der Waals surface area (Å²) < 4.78 is 10.5. The molecule has 0 radical (unpaired) electrons. The Morgan fingerprint density at radius 3 is 1.62 bits per heavy atom. The van der Waals surface area contributed by atoms with Crippen molar-refractivity contribution < 1.29 is 44.7 Å². The molecular formula is C6H13O9P. The molecule has 0 rings (SSSR count). The van der Waals surface area contributed by atoms with Gasteiger partial charge in [-0.05, 0) is 0 Å². The molecular weight excluding hydrogens is 247 g/mol. The van der Waals surface area contributed by atoms with Crippen LogP contribution in [0, 0.1) is 0 Å². The predicted octanol–water partition coefficient (Wildman–Crippen LogP) is -3.88. The van der Waals surface area contributed by atoms with E-state index >= 15 is 0 Å². The van der Waals surface area contributed by atoms with Gasteiger partial charge in [0.2, 0.25) is 0 Å². The van der Waals surface area contributed by atoms with Crippen molar-refractivity contribution in [3.63, 3.8) is 0 Å². The Morgan fingerprint density at radius 1 is 0.875 bits per heavy atom. The van der Waals surface area contributed by atoms with Gasteiger partial charge in [0.15, 0.2) is 12.1 Å². The van der Waals surface area contributed by atoms with Gasteiger partial charge >= 0.3 is 7.60 Å². The number of hydrogen-bond donors (Lipinski definition) is 7. The van der Waals surface area contributed by atoms with Crippen molar-refractivity contribution in [2.45, 2.75) is 30.3 Å². The van der Waals surface area contributed by atoms with Crippen molar-refractivity contribution in [3.8, 4) is 0 Å². The zero-order valence-electron chi connectivity index (χ0n) is 7.86. The number of aliphatic hydroxyl groups excluding tert-OH is 5. The highest BCUT2D eigenvalue weighted by Gasteiger charge is 2.41. The van der Waals surface area contributed by atoms with Crippen molar-refractivity contribution in [1.82, 2.24) is 0 Å². The van der Waals surface area contributed by atoms with Gasteiger partial charge in [0.1, 0.15) is 24.4 Å². The van der Waals surface area contributed by atoms with E-state index in [9.17, 15) is 9.36 Å². The highest BCUT2D eigenvalue weighted by Crippen LogP contribution is 2.42. The van der Waals surface area contributed by atoms with Crippen molar-refractivity contribution in [1.29, 1.82) is 0 Å². The van der Waals surface area contributed by atoms with E-state index in [0.29, 0.717) is 0 Å². The molecule has 10 heteroatoms. The van der Waals surface area contributed by atoms with Gasteiger partial charge in [-0.1, -0.05) is 0 Å². The van der Waals surface area contributed by atoms with Crippen LogP contribution in [-0.4, -0.2) is 71.9 Å². The van der Waals surface area contributed by atoms with Gasteiger partial charge in [-0.2, -0.15) is 0 Å². The maximum atomic E-state index is 10.5. The van der Waals surface area contributed by atoms with Gasteiger partial charge in [-0.15, -0.1) is 0 Å². The molecule has 7 N–H and O–H groups in total. The number of carbonyl (C=O) groups is 1. The number of rotatable bonds is 6. The number of aliphatic hydroxyl groups is 5. The first-order chi connectivity index (χ1) is 7.12. The first-order valence-electron chi connectivity index (χ1n) is 4.03. The second kappa shape index (κ2) is 5.80. The molecule has 16 heavy (non-hydrogen) atoms. The van der Waals surface area contributed by atoms with E-state index in [2.05, 4.69) is 0 Å². The van der Waals surface area contributed by atoms with Crippen molar-refractivity contribution in [2.24, 2.45) is 0 Å². The normalized spacial score (nSPS) is 21.9. The Hall–Kier alpha value is -0.380. The standard InChI is InChI=1S/C6H13O9P/c7-1-2(8)3(9)4(10)5(11)6(12)16(13,14)15/h1-6,8-12H,(H2,13,14,15)/t2-,3+,4+,5-,6?/m0/s1. The van der Waals surface area contributed by atoms with E-state index in [1.165, 1.54) is 0 Å². The van der Waals surface area contributed by atoms with Crippen molar-refractivity contribution in [2.75, 3.05) is 0 Å². The maximum absolute atomic E-state index is 10.5. The van der Waals surface area contributed by atoms with Crippen LogP contribution in [0.15, 0.2) is 0 Å². The van der Waals surface area contributed by atoms with E-state index in [1.54, 1.807) is 0 Å². The molecule has 0 bridgehead atoms. The smallest absolute Gasteiger partial charge is 0.356 e. The van der Waals surface area contributed by atoms with Crippen LogP contribution in [0.25, 0.3) is 0 Å². The molecule has 0 fully saturated rings. The second-order valence-corrected chi connectivity index (χ2v) is 4.81. The molecule has 0 aliphatic rings. The fraction of sp³-hybridized carbons (Fsp3) is 0.833. The molecule has 0 amide bonds. The Morgan fingerprint density at radius 2 is 1.31 bits per heavy atom. The predicted molar refractivity (Wildman–Crippen MR) is 48.1 cm³/mol. The molecule has 0 spiro atoms. The molecule has 1 unspecified atom stereocenters. The third-order valence-corrected chi connectivity index (χ3v) is 2.83. The molecule has 0 aliphatic carbocycles. The van der Waals surface area contributed by atoms with Crippen LogP contribution >= 0.6 is 7.60 Å². The Bertz CT molecular complexity index is 275. The third kappa shape index (κ3) is 3.89. The molecule has 96 valence electrons. The lowest BCUT2D eigenvalue weighted by atomic mass is 10.0. The van der Waals surface area contributed by atoms with E-state index in [-0.39, 0.29) is 6.29 Å². The Labute approximate surface area is 89.7 Å². The number of hydrogen-bond acceptors (Lipinski definition) is 7. The van der Waals surface area contributed by atoms with Gasteiger partial charge in [0.05, 0.1) is 0 Å². The summed E-state index contributed by atoms with van der Waals surface area (Å²) in [6.45, 7) is 0. The molecule has 0 saturated carbocycles. The van der Waals surface area contributed by atoms with Crippen LogP contribution < -0.4 is 0 Å². The summed E-state index contributed by atoms with van der Waals surface area (Å²) in [4.78, 5) is 26.9. The van der Waals surface area contributed by atoms with Crippen LogP contribution in [0.2, 0.25) is 0 Å². The average Bonchev–Trinajstić information content (AvgIpc) is 2.22. The lowest BCUT2D eigenvalue weighted by molar-refractivity contribution is -0.139. The molecule has 0 aliphatic heterocycles. The minimum atomic E-state index is -5.08. The summed E-state index contributed by atoms with van der Waals surface area (Å²) >= 11 is 0.